The van der Waals surface area contributed by atoms with Crippen LogP contribution in [0.2, 0.25) is 0 Å². The summed E-state index contributed by atoms with van der Waals surface area (Å²) in [7, 11) is 0. The zero-order valence-corrected chi connectivity index (χ0v) is 19.4. The van der Waals surface area contributed by atoms with E-state index in [-0.39, 0.29) is 11.8 Å². The van der Waals surface area contributed by atoms with Gasteiger partial charge in [0.2, 0.25) is 5.89 Å². The van der Waals surface area contributed by atoms with E-state index in [0.717, 1.165) is 41.2 Å². The summed E-state index contributed by atoms with van der Waals surface area (Å²) in [5, 5.41) is 9.50. The highest BCUT2D eigenvalue weighted by molar-refractivity contribution is 5.72. The number of rotatable bonds is 8. The predicted octanol–water partition coefficient (Wildman–Crippen LogP) is 6.44. The average molecular weight is 436 g/mol. The fourth-order valence-electron chi connectivity index (χ4n) is 4.40. The van der Waals surface area contributed by atoms with Crippen molar-refractivity contribution in [2.24, 2.45) is 5.92 Å². The second kappa shape index (κ2) is 11.0. The summed E-state index contributed by atoms with van der Waals surface area (Å²) in [6.07, 6.45) is 3.12. The van der Waals surface area contributed by atoms with E-state index in [1.807, 2.05) is 70.2 Å². The molecule has 1 aromatic heterocycles. The maximum atomic E-state index is 11.6. The van der Waals surface area contributed by atoms with Gasteiger partial charge in [0.1, 0.15) is 11.5 Å². The lowest BCUT2D eigenvalue weighted by atomic mass is 9.85. The average Bonchev–Trinajstić information content (AvgIpc) is 3.39. The van der Waals surface area contributed by atoms with Crippen molar-refractivity contribution in [1.29, 1.82) is 0 Å². The van der Waals surface area contributed by atoms with Gasteiger partial charge in [-0.05, 0) is 67.5 Å². The molecular formula is C27H33NO4. The van der Waals surface area contributed by atoms with Crippen LogP contribution < -0.4 is 4.74 Å². The molecule has 1 aliphatic carbocycles. The molecule has 2 unspecified atom stereocenters. The molecule has 2 aromatic carbocycles. The van der Waals surface area contributed by atoms with Gasteiger partial charge in [-0.1, -0.05) is 45.0 Å². The van der Waals surface area contributed by atoms with Crippen LogP contribution in [0.5, 0.6) is 5.75 Å². The highest BCUT2D eigenvalue weighted by Crippen LogP contribution is 2.41. The van der Waals surface area contributed by atoms with Gasteiger partial charge in [-0.25, -0.2) is 4.98 Å². The first-order valence-corrected chi connectivity index (χ1v) is 11.6. The van der Waals surface area contributed by atoms with E-state index in [9.17, 15) is 9.90 Å². The van der Waals surface area contributed by atoms with E-state index >= 15 is 0 Å². The molecule has 5 nitrogen and oxygen atoms in total. The third-order valence-corrected chi connectivity index (χ3v) is 6.00. The summed E-state index contributed by atoms with van der Waals surface area (Å²) in [6.45, 7) is 8.39. The van der Waals surface area contributed by atoms with E-state index < -0.39 is 5.97 Å². The van der Waals surface area contributed by atoms with E-state index in [2.05, 4.69) is 11.1 Å². The van der Waals surface area contributed by atoms with E-state index in [0.29, 0.717) is 25.3 Å². The lowest BCUT2D eigenvalue weighted by Crippen LogP contribution is -2.19. The van der Waals surface area contributed by atoms with Crippen LogP contribution in [0.25, 0.3) is 11.5 Å². The molecule has 0 spiro atoms. The van der Waals surface area contributed by atoms with Crippen molar-refractivity contribution in [3.05, 3.63) is 71.1 Å². The monoisotopic (exact) mass is 435 g/mol. The molecule has 1 heterocycles. The SMILES string of the molecule is CC.CCC(C(=O)O)C1CCc2cc(OCCc3nc(-c4ccccc4)oc3C)ccc21. The normalized spacial score (nSPS) is 15.4. The van der Waals surface area contributed by atoms with Gasteiger partial charge >= 0.3 is 5.97 Å². The number of ether oxygens (including phenoxy) is 1. The molecule has 5 heteroatoms. The Hall–Kier alpha value is -3.08. The van der Waals surface area contributed by atoms with Gasteiger partial charge in [0.05, 0.1) is 18.2 Å². The highest BCUT2D eigenvalue weighted by atomic mass is 16.5. The summed E-state index contributed by atoms with van der Waals surface area (Å²) in [4.78, 5) is 16.2. The van der Waals surface area contributed by atoms with Crippen molar-refractivity contribution in [3.8, 4) is 17.2 Å². The number of nitrogens with zero attached hydrogens (tertiary/aromatic N) is 1. The van der Waals surface area contributed by atoms with Crippen molar-refractivity contribution in [1.82, 2.24) is 4.98 Å². The van der Waals surface area contributed by atoms with Crippen LogP contribution in [-0.2, 0) is 17.6 Å². The standard InChI is InChI=1S/C25H27NO4.C2H6/c1-3-20(25(27)28)22-11-9-18-15-19(10-12-21(18)22)29-14-13-23-16(2)30-24(26-23)17-7-5-4-6-8-17;1-2/h4-8,10,12,15,20,22H,3,9,11,13-14H2,1-2H3,(H,27,28);1-2H3. The molecule has 0 amide bonds. The van der Waals surface area contributed by atoms with Crippen LogP contribution in [0.4, 0.5) is 0 Å². The molecule has 0 radical (unpaired) electrons. The number of fused-ring (bicyclic) bond motifs is 1. The molecule has 4 rings (SSSR count). The first-order valence-electron chi connectivity index (χ1n) is 11.6. The van der Waals surface area contributed by atoms with Gasteiger partial charge in [-0.3, -0.25) is 4.79 Å². The van der Waals surface area contributed by atoms with Crippen molar-refractivity contribution in [2.75, 3.05) is 6.61 Å². The zero-order valence-electron chi connectivity index (χ0n) is 19.4. The highest BCUT2D eigenvalue weighted by Gasteiger charge is 2.33. The molecule has 1 aliphatic rings. The minimum atomic E-state index is -0.700. The number of carboxylic acids is 1. The minimum absolute atomic E-state index is 0.103. The van der Waals surface area contributed by atoms with Crippen LogP contribution in [0.3, 0.4) is 0 Å². The van der Waals surface area contributed by atoms with Crippen molar-refractivity contribution < 1.29 is 19.1 Å². The Morgan fingerprint density at radius 1 is 1.22 bits per heavy atom. The second-order valence-electron chi connectivity index (χ2n) is 7.85. The number of benzene rings is 2. The van der Waals surface area contributed by atoms with Crippen molar-refractivity contribution in [2.45, 2.75) is 59.3 Å². The third kappa shape index (κ3) is 5.21. The third-order valence-electron chi connectivity index (χ3n) is 6.00. The van der Waals surface area contributed by atoms with Gasteiger partial charge in [-0.2, -0.15) is 0 Å². The number of carbonyl (C=O) groups is 1. The topological polar surface area (TPSA) is 72.6 Å². The quantitative estimate of drug-likeness (QED) is 0.441. The zero-order chi connectivity index (χ0) is 23.1. The Kier molecular flexibility index (Phi) is 8.09. The number of aromatic nitrogens is 1. The molecule has 2 atom stereocenters. The smallest absolute Gasteiger partial charge is 0.307 e. The van der Waals surface area contributed by atoms with Crippen LogP contribution in [0.15, 0.2) is 52.9 Å². The molecule has 170 valence electrons. The number of oxazole rings is 1. The molecule has 0 saturated carbocycles. The number of carboxylic acid groups (broad SMARTS) is 1. The summed E-state index contributed by atoms with van der Waals surface area (Å²) in [5.41, 5.74) is 4.24. The van der Waals surface area contributed by atoms with Gasteiger partial charge in [-0.15, -0.1) is 0 Å². The van der Waals surface area contributed by atoms with Crippen LogP contribution in [-0.4, -0.2) is 22.7 Å². The maximum absolute atomic E-state index is 11.6. The fraction of sp³-hybridized carbons (Fsp3) is 0.407. The van der Waals surface area contributed by atoms with Crippen LogP contribution in [0.1, 0.15) is 62.1 Å². The summed E-state index contributed by atoms with van der Waals surface area (Å²) in [6, 6.07) is 15.9. The molecule has 3 aromatic rings. The van der Waals surface area contributed by atoms with Gasteiger partial charge in [0.25, 0.3) is 0 Å². The molecule has 32 heavy (non-hydrogen) atoms. The summed E-state index contributed by atoms with van der Waals surface area (Å²) < 4.78 is 11.8. The van der Waals surface area contributed by atoms with Crippen molar-refractivity contribution >= 4 is 5.97 Å². The molecule has 1 N–H and O–H groups in total. The Morgan fingerprint density at radius 2 is 1.97 bits per heavy atom. The first kappa shape index (κ1) is 23.6. The Labute approximate surface area is 190 Å². The predicted molar refractivity (Wildman–Crippen MR) is 126 cm³/mol. The van der Waals surface area contributed by atoms with E-state index in [1.165, 1.54) is 5.56 Å². The Morgan fingerprint density at radius 3 is 2.66 bits per heavy atom. The molecule has 0 aliphatic heterocycles. The first-order chi connectivity index (χ1) is 15.6. The molecular weight excluding hydrogens is 402 g/mol. The number of hydrogen-bond acceptors (Lipinski definition) is 4. The second-order valence-corrected chi connectivity index (χ2v) is 7.85. The maximum Gasteiger partial charge on any atom is 0.307 e. The van der Waals surface area contributed by atoms with Gasteiger partial charge in [0, 0.05) is 12.0 Å². The largest absolute Gasteiger partial charge is 0.493 e. The van der Waals surface area contributed by atoms with E-state index in [1.54, 1.807) is 0 Å². The van der Waals surface area contributed by atoms with Crippen molar-refractivity contribution in [3.63, 3.8) is 0 Å². The lowest BCUT2D eigenvalue weighted by Gasteiger charge is -2.19. The Balaban J connectivity index is 0.00000141. The molecule has 0 bridgehead atoms. The summed E-state index contributed by atoms with van der Waals surface area (Å²) in [5.74, 6) is 1.36. The minimum Gasteiger partial charge on any atom is -0.493 e. The van der Waals surface area contributed by atoms with Crippen LogP contribution in [0, 0.1) is 12.8 Å². The van der Waals surface area contributed by atoms with Gasteiger partial charge < -0.3 is 14.3 Å². The molecule has 0 saturated heterocycles. The van der Waals surface area contributed by atoms with Gasteiger partial charge in [0.15, 0.2) is 0 Å². The lowest BCUT2D eigenvalue weighted by molar-refractivity contribution is -0.142. The van der Waals surface area contributed by atoms with Crippen LogP contribution >= 0.6 is 0 Å². The Bertz CT molecular complexity index is 1030. The fourth-order valence-corrected chi connectivity index (χ4v) is 4.40. The number of aliphatic carboxylic acids is 1. The number of hydrogen-bond donors (Lipinski definition) is 1. The number of aryl methyl sites for hydroxylation is 2. The summed E-state index contributed by atoms with van der Waals surface area (Å²) >= 11 is 0. The van der Waals surface area contributed by atoms with E-state index in [4.69, 9.17) is 9.15 Å². The molecule has 0 fully saturated rings.